The van der Waals surface area contributed by atoms with Gasteiger partial charge in [0.2, 0.25) is 5.91 Å². The molecular weight excluding hydrogens is 401 g/mol. The van der Waals surface area contributed by atoms with Crippen molar-refractivity contribution < 1.29 is 18.7 Å². The first kappa shape index (κ1) is 20.6. The van der Waals surface area contributed by atoms with Crippen LogP contribution < -0.4 is 5.32 Å². The molecule has 0 bridgehead atoms. The Labute approximate surface area is 172 Å². The summed E-state index contributed by atoms with van der Waals surface area (Å²) in [5.41, 5.74) is 1.55. The van der Waals surface area contributed by atoms with Crippen molar-refractivity contribution in [3.8, 4) is 0 Å². The highest BCUT2D eigenvalue weighted by atomic mass is 35.5. The van der Waals surface area contributed by atoms with Crippen molar-refractivity contribution in [2.24, 2.45) is 5.92 Å². The van der Waals surface area contributed by atoms with Crippen molar-refractivity contribution in [2.45, 2.75) is 32.6 Å². The van der Waals surface area contributed by atoms with E-state index in [1.807, 2.05) is 0 Å². The number of carbonyl (C=O) groups is 2. The number of anilines is 1. The van der Waals surface area contributed by atoms with Crippen LogP contribution in [0.15, 0.2) is 24.3 Å². The molecule has 1 unspecified atom stereocenters. The molecule has 1 atom stereocenters. The average molecular weight is 422 g/mol. The molecule has 1 aromatic carbocycles. The van der Waals surface area contributed by atoms with Crippen LogP contribution in [0.2, 0.25) is 5.02 Å². The second kappa shape index (κ2) is 8.88. The number of amides is 1. The molecule has 28 heavy (non-hydrogen) atoms. The second-order valence-electron chi connectivity index (χ2n) is 6.67. The van der Waals surface area contributed by atoms with Crippen LogP contribution in [0.4, 0.5) is 9.39 Å². The van der Waals surface area contributed by atoms with Gasteiger partial charge in [-0.15, -0.1) is 11.3 Å². The third-order valence-corrected chi connectivity index (χ3v) is 6.47. The molecule has 0 aliphatic heterocycles. The van der Waals surface area contributed by atoms with Gasteiger partial charge < -0.3 is 10.1 Å². The van der Waals surface area contributed by atoms with Crippen LogP contribution in [-0.4, -0.2) is 19.0 Å². The molecule has 0 spiro atoms. The molecule has 0 saturated heterocycles. The first-order chi connectivity index (χ1) is 13.4. The minimum atomic E-state index is -0.510. The molecule has 2 aromatic rings. The van der Waals surface area contributed by atoms with E-state index in [9.17, 15) is 14.0 Å². The highest BCUT2D eigenvalue weighted by Gasteiger charge is 2.29. The fraction of sp³-hybridized carbons (Fsp3) is 0.333. The molecule has 0 radical (unpaired) electrons. The van der Waals surface area contributed by atoms with Crippen molar-refractivity contribution in [2.75, 3.05) is 12.4 Å². The lowest BCUT2D eigenvalue weighted by Crippen LogP contribution is -2.15. The van der Waals surface area contributed by atoms with Crippen molar-refractivity contribution in [1.29, 1.82) is 0 Å². The van der Waals surface area contributed by atoms with Crippen molar-refractivity contribution in [1.82, 2.24) is 0 Å². The van der Waals surface area contributed by atoms with Gasteiger partial charge in [-0.25, -0.2) is 9.18 Å². The molecule has 1 N–H and O–H groups in total. The first-order valence-electron chi connectivity index (χ1n) is 9.10. The van der Waals surface area contributed by atoms with Gasteiger partial charge >= 0.3 is 5.97 Å². The van der Waals surface area contributed by atoms with Crippen LogP contribution in [0.5, 0.6) is 0 Å². The summed E-state index contributed by atoms with van der Waals surface area (Å²) in [4.78, 5) is 25.8. The van der Waals surface area contributed by atoms with E-state index in [0.29, 0.717) is 16.5 Å². The summed E-state index contributed by atoms with van der Waals surface area (Å²) in [6.45, 7) is 2.16. The predicted molar refractivity (Wildman–Crippen MR) is 111 cm³/mol. The number of thiophene rings is 1. The summed E-state index contributed by atoms with van der Waals surface area (Å²) < 4.78 is 18.8. The fourth-order valence-electron chi connectivity index (χ4n) is 3.39. The van der Waals surface area contributed by atoms with Crippen LogP contribution in [-0.2, 0) is 22.4 Å². The number of carbonyl (C=O) groups excluding carboxylic acids is 2. The Balaban J connectivity index is 1.85. The van der Waals surface area contributed by atoms with Crippen molar-refractivity contribution in [3.05, 3.63) is 56.7 Å². The highest BCUT2D eigenvalue weighted by Crippen LogP contribution is 2.40. The van der Waals surface area contributed by atoms with Gasteiger partial charge in [0.1, 0.15) is 10.8 Å². The molecule has 1 aromatic heterocycles. The SMILES string of the molecule is CCC1CCc2c(sc(NC(=O)/C=C/c3c(F)cccc3Cl)c2C(=O)OC)C1. The molecule has 0 fully saturated rings. The van der Waals surface area contributed by atoms with Crippen LogP contribution in [0.3, 0.4) is 0 Å². The van der Waals surface area contributed by atoms with Gasteiger partial charge in [0.05, 0.1) is 17.7 Å². The smallest absolute Gasteiger partial charge is 0.341 e. The zero-order valence-corrected chi connectivity index (χ0v) is 17.3. The Morgan fingerprint density at radius 2 is 2.21 bits per heavy atom. The largest absolute Gasteiger partial charge is 0.465 e. The van der Waals surface area contributed by atoms with Gasteiger partial charge in [-0.05, 0) is 49.0 Å². The van der Waals surface area contributed by atoms with Crippen molar-refractivity contribution in [3.63, 3.8) is 0 Å². The summed E-state index contributed by atoms with van der Waals surface area (Å²) in [5, 5.41) is 3.45. The number of hydrogen-bond donors (Lipinski definition) is 1. The zero-order chi connectivity index (χ0) is 20.3. The topological polar surface area (TPSA) is 55.4 Å². The number of fused-ring (bicyclic) bond motifs is 1. The average Bonchev–Trinajstić information content (AvgIpc) is 3.03. The summed E-state index contributed by atoms with van der Waals surface area (Å²) in [5.74, 6) is -0.841. The van der Waals surface area contributed by atoms with E-state index in [-0.39, 0.29) is 10.6 Å². The molecule has 4 nitrogen and oxygen atoms in total. The van der Waals surface area contributed by atoms with Gasteiger partial charge in [-0.1, -0.05) is 31.0 Å². The van der Waals surface area contributed by atoms with Crippen LogP contribution >= 0.6 is 22.9 Å². The highest BCUT2D eigenvalue weighted by molar-refractivity contribution is 7.17. The monoisotopic (exact) mass is 421 g/mol. The van der Waals surface area contributed by atoms with Gasteiger partial charge in [0, 0.05) is 16.5 Å². The van der Waals surface area contributed by atoms with E-state index < -0.39 is 17.7 Å². The third kappa shape index (κ3) is 4.28. The van der Waals surface area contributed by atoms with Crippen molar-refractivity contribution >= 4 is 45.9 Å². The maximum absolute atomic E-state index is 13.8. The number of hydrogen-bond acceptors (Lipinski definition) is 4. The second-order valence-corrected chi connectivity index (χ2v) is 8.19. The number of benzene rings is 1. The van der Waals surface area contributed by atoms with Gasteiger partial charge in [-0.3, -0.25) is 4.79 Å². The third-order valence-electron chi connectivity index (χ3n) is 4.97. The van der Waals surface area contributed by atoms with E-state index in [4.69, 9.17) is 16.3 Å². The zero-order valence-electron chi connectivity index (χ0n) is 15.7. The lowest BCUT2D eigenvalue weighted by atomic mass is 9.86. The molecule has 0 saturated carbocycles. The Kier molecular flexibility index (Phi) is 6.52. The molecule has 1 amide bonds. The molecule has 148 valence electrons. The number of methoxy groups -OCH3 is 1. The summed E-state index contributed by atoms with van der Waals surface area (Å²) in [6, 6.07) is 4.32. The quantitative estimate of drug-likeness (QED) is 0.512. The molecule has 1 aliphatic rings. The normalized spacial score (nSPS) is 16.1. The maximum atomic E-state index is 13.8. The Morgan fingerprint density at radius 1 is 1.43 bits per heavy atom. The van der Waals surface area contributed by atoms with Gasteiger partial charge in [0.15, 0.2) is 0 Å². The summed E-state index contributed by atoms with van der Waals surface area (Å²) >= 11 is 7.39. The lowest BCUT2D eigenvalue weighted by Gasteiger charge is -2.20. The van der Waals surface area contributed by atoms with E-state index in [1.54, 1.807) is 6.07 Å². The number of esters is 1. The van der Waals surface area contributed by atoms with E-state index in [1.165, 1.54) is 42.7 Å². The van der Waals surface area contributed by atoms with Crippen LogP contribution in [0, 0.1) is 11.7 Å². The molecule has 7 heteroatoms. The first-order valence-corrected chi connectivity index (χ1v) is 10.3. The molecule has 1 aliphatic carbocycles. The fourth-order valence-corrected chi connectivity index (χ4v) is 4.97. The Hall–Kier alpha value is -2.18. The molecule has 3 rings (SSSR count). The molecular formula is C21H21ClFNO3S. The number of nitrogens with one attached hydrogen (secondary N) is 1. The number of rotatable bonds is 5. The van der Waals surface area contributed by atoms with Gasteiger partial charge in [0.25, 0.3) is 0 Å². The molecule has 1 heterocycles. The van der Waals surface area contributed by atoms with E-state index >= 15 is 0 Å². The van der Waals surface area contributed by atoms with Gasteiger partial charge in [-0.2, -0.15) is 0 Å². The summed E-state index contributed by atoms with van der Waals surface area (Å²) in [7, 11) is 1.33. The maximum Gasteiger partial charge on any atom is 0.341 e. The lowest BCUT2D eigenvalue weighted by molar-refractivity contribution is -0.111. The Bertz CT molecular complexity index is 918. The minimum absolute atomic E-state index is 0.142. The minimum Gasteiger partial charge on any atom is -0.465 e. The van der Waals surface area contributed by atoms with E-state index in [0.717, 1.165) is 36.1 Å². The Morgan fingerprint density at radius 3 is 2.89 bits per heavy atom. The number of halogens is 2. The van der Waals surface area contributed by atoms with E-state index in [2.05, 4.69) is 12.2 Å². The van der Waals surface area contributed by atoms with Crippen LogP contribution in [0.1, 0.15) is 46.1 Å². The predicted octanol–water partition coefficient (Wildman–Crippen LogP) is 5.49. The standard InChI is InChI=1S/C21H21ClFNO3S/c1-3-12-7-8-14-17(11-12)28-20(19(14)21(26)27-2)24-18(25)10-9-13-15(22)5-4-6-16(13)23/h4-6,9-10,12H,3,7-8,11H2,1-2H3,(H,24,25)/b10-9+. The summed E-state index contributed by atoms with van der Waals surface area (Å²) in [6.07, 6.45) is 6.33. The van der Waals surface area contributed by atoms with Crippen LogP contribution in [0.25, 0.3) is 6.08 Å². The number of ether oxygens (including phenoxy) is 1.